The molecule has 0 spiro atoms. The smallest absolute Gasteiger partial charge is 0.0491 e. The molecule has 0 radical (unpaired) electrons. The first-order valence-corrected chi connectivity index (χ1v) is 5.23. The fraction of sp³-hybridized carbons (Fsp3) is 0.500. The molecule has 1 heterocycles. The fourth-order valence-corrected chi connectivity index (χ4v) is 2.17. The molecule has 1 aliphatic heterocycles. The molecule has 0 aliphatic carbocycles. The molecule has 2 nitrogen and oxygen atoms in total. The first-order chi connectivity index (χ1) is 6.68. The third-order valence-electron chi connectivity index (χ3n) is 2.90. The Morgan fingerprint density at radius 2 is 2.14 bits per heavy atom. The Hall–Kier alpha value is -0.860. The van der Waals surface area contributed by atoms with E-state index in [4.69, 9.17) is 0 Å². The van der Waals surface area contributed by atoms with Crippen LogP contribution in [0.15, 0.2) is 18.2 Å². The van der Waals surface area contributed by atoms with Crippen molar-refractivity contribution >= 4 is 0 Å². The summed E-state index contributed by atoms with van der Waals surface area (Å²) in [6.07, 6.45) is 0.972. The molecule has 0 saturated heterocycles. The summed E-state index contributed by atoms with van der Waals surface area (Å²) in [5.74, 6) is 0.579. The highest BCUT2D eigenvalue weighted by Crippen LogP contribution is 2.26. The average molecular weight is 191 g/mol. The van der Waals surface area contributed by atoms with E-state index in [1.807, 2.05) is 0 Å². The van der Waals surface area contributed by atoms with Gasteiger partial charge in [-0.25, -0.2) is 0 Å². The molecule has 2 rings (SSSR count). The van der Waals surface area contributed by atoms with Gasteiger partial charge in [-0.05, 0) is 29.0 Å². The Kier molecular flexibility index (Phi) is 2.57. The van der Waals surface area contributed by atoms with E-state index in [0.29, 0.717) is 12.5 Å². The van der Waals surface area contributed by atoms with E-state index in [1.165, 1.54) is 21.8 Å². The minimum atomic E-state index is 0.579. The highest BCUT2D eigenvalue weighted by Gasteiger charge is 2.17. The van der Waals surface area contributed by atoms with Gasteiger partial charge in [-0.1, -0.05) is 32.0 Å². The molecule has 0 aromatic heterocycles. The SMILES string of the molecule is CC(C)c1cccc2c1CCN(O)C2. The second kappa shape index (κ2) is 3.71. The monoisotopic (exact) mass is 191 g/mol. The molecular weight excluding hydrogens is 174 g/mol. The molecule has 0 amide bonds. The number of benzene rings is 1. The minimum Gasteiger partial charge on any atom is -0.314 e. The summed E-state index contributed by atoms with van der Waals surface area (Å²) >= 11 is 0. The van der Waals surface area contributed by atoms with Crippen LogP contribution < -0.4 is 0 Å². The zero-order valence-electron chi connectivity index (χ0n) is 8.83. The summed E-state index contributed by atoms with van der Waals surface area (Å²) < 4.78 is 0. The normalized spacial score (nSPS) is 17.1. The summed E-state index contributed by atoms with van der Waals surface area (Å²) in [7, 11) is 0. The number of hydrogen-bond donors (Lipinski definition) is 1. The summed E-state index contributed by atoms with van der Waals surface area (Å²) in [5, 5.41) is 10.8. The molecule has 1 aromatic carbocycles. The molecule has 1 aromatic rings. The van der Waals surface area contributed by atoms with Crippen molar-refractivity contribution in [1.29, 1.82) is 0 Å². The van der Waals surface area contributed by atoms with E-state index in [0.717, 1.165) is 13.0 Å². The third kappa shape index (κ3) is 1.68. The number of hydrogen-bond acceptors (Lipinski definition) is 2. The van der Waals surface area contributed by atoms with Gasteiger partial charge in [0.05, 0.1) is 0 Å². The van der Waals surface area contributed by atoms with Gasteiger partial charge in [-0.2, -0.15) is 5.06 Å². The molecule has 0 fully saturated rings. The maximum atomic E-state index is 9.42. The van der Waals surface area contributed by atoms with Crippen LogP contribution in [0, 0.1) is 0 Å². The van der Waals surface area contributed by atoms with Crippen molar-refractivity contribution < 1.29 is 5.21 Å². The Balaban J connectivity index is 2.41. The fourth-order valence-electron chi connectivity index (χ4n) is 2.17. The molecule has 0 saturated carbocycles. The lowest BCUT2D eigenvalue weighted by atomic mass is 9.90. The average Bonchev–Trinajstić information content (AvgIpc) is 2.16. The predicted molar refractivity (Wildman–Crippen MR) is 56.4 cm³/mol. The molecule has 14 heavy (non-hydrogen) atoms. The lowest BCUT2D eigenvalue weighted by Gasteiger charge is -2.26. The highest BCUT2D eigenvalue weighted by atomic mass is 16.5. The van der Waals surface area contributed by atoms with E-state index in [-0.39, 0.29) is 0 Å². The second-order valence-corrected chi connectivity index (χ2v) is 4.28. The van der Waals surface area contributed by atoms with Gasteiger partial charge in [-0.15, -0.1) is 0 Å². The zero-order chi connectivity index (χ0) is 10.1. The summed E-state index contributed by atoms with van der Waals surface area (Å²) in [5.41, 5.74) is 4.17. The van der Waals surface area contributed by atoms with E-state index in [2.05, 4.69) is 32.0 Å². The Labute approximate surface area is 85.1 Å². The maximum absolute atomic E-state index is 9.42. The Morgan fingerprint density at radius 3 is 2.86 bits per heavy atom. The largest absolute Gasteiger partial charge is 0.314 e. The lowest BCUT2D eigenvalue weighted by molar-refractivity contribution is -0.103. The molecule has 0 unspecified atom stereocenters. The van der Waals surface area contributed by atoms with Gasteiger partial charge in [0.15, 0.2) is 0 Å². The van der Waals surface area contributed by atoms with Crippen LogP contribution in [0.4, 0.5) is 0 Å². The van der Waals surface area contributed by atoms with Gasteiger partial charge in [-0.3, -0.25) is 0 Å². The van der Waals surface area contributed by atoms with E-state index >= 15 is 0 Å². The van der Waals surface area contributed by atoms with Crippen LogP contribution in [0.1, 0.15) is 36.5 Å². The number of hydroxylamine groups is 2. The van der Waals surface area contributed by atoms with Crippen molar-refractivity contribution in [1.82, 2.24) is 5.06 Å². The maximum Gasteiger partial charge on any atom is 0.0491 e. The van der Waals surface area contributed by atoms with Crippen LogP contribution in [-0.2, 0) is 13.0 Å². The van der Waals surface area contributed by atoms with Crippen molar-refractivity contribution in [2.24, 2.45) is 0 Å². The standard InChI is InChI=1S/C12H17NO/c1-9(2)11-5-3-4-10-8-13(14)7-6-12(10)11/h3-5,9,14H,6-8H2,1-2H3. The highest BCUT2D eigenvalue weighted by molar-refractivity contribution is 5.38. The predicted octanol–water partition coefficient (Wildman–Crippen LogP) is 2.56. The van der Waals surface area contributed by atoms with Crippen LogP contribution in [0.2, 0.25) is 0 Å². The van der Waals surface area contributed by atoms with Crippen LogP contribution in [0.5, 0.6) is 0 Å². The van der Waals surface area contributed by atoms with Gasteiger partial charge in [0.1, 0.15) is 0 Å². The molecule has 1 aliphatic rings. The first-order valence-electron chi connectivity index (χ1n) is 5.23. The van der Waals surface area contributed by atoms with Gasteiger partial charge in [0.2, 0.25) is 0 Å². The summed E-state index contributed by atoms with van der Waals surface area (Å²) in [4.78, 5) is 0. The first kappa shape index (κ1) is 9.69. The third-order valence-corrected chi connectivity index (χ3v) is 2.90. The topological polar surface area (TPSA) is 23.5 Å². The van der Waals surface area contributed by atoms with Crippen LogP contribution >= 0.6 is 0 Å². The molecule has 0 atom stereocenters. The van der Waals surface area contributed by atoms with Crippen molar-refractivity contribution in [2.45, 2.75) is 32.7 Å². The van der Waals surface area contributed by atoms with Crippen LogP contribution in [-0.4, -0.2) is 16.8 Å². The Bertz CT molecular complexity index is 333. The Morgan fingerprint density at radius 1 is 1.36 bits per heavy atom. The van der Waals surface area contributed by atoms with Crippen LogP contribution in [0.3, 0.4) is 0 Å². The quantitative estimate of drug-likeness (QED) is 0.737. The molecule has 2 heteroatoms. The molecular formula is C12H17NO. The van der Waals surface area contributed by atoms with Gasteiger partial charge in [0.25, 0.3) is 0 Å². The van der Waals surface area contributed by atoms with E-state index in [9.17, 15) is 5.21 Å². The zero-order valence-corrected chi connectivity index (χ0v) is 8.83. The van der Waals surface area contributed by atoms with Gasteiger partial charge < -0.3 is 5.21 Å². The van der Waals surface area contributed by atoms with Crippen molar-refractivity contribution in [2.75, 3.05) is 6.54 Å². The molecule has 76 valence electrons. The number of nitrogens with zero attached hydrogens (tertiary/aromatic N) is 1. The number of rotatable bonds is 1. The number of fused-ring (bicyclic) bond motifs is 1. The molecule has 1 N–H and O–H groups in total. The summed E-state index contributed by atoms with van der Waals surface area (Å²) in [6, 6.07) is 6.41. The van der Waals surface area contributed by atoms with Crippen molar-refractivity contribution in [3.8, 4) is 0 Å². The lowest BCUT2D eigenvalue weighted by Crippen LogP contribution is -2.28. The second-order valence-electron chi connectivity index (χ2n) is 4.28. The van der Waals surface area contributed by atoms with Gasteiger partial charge in [0, 0.05) is 13.1 Å². The van der Waals surface area contributed by atoms with Crippen molar-refractivity contribution in [3.05, 3.63) is 34.9 Å². The molecule has 0 bridgehead atoms. The van der Waals surface area contributed by atoms with Crippen LogP contribution in [0.25, 0.3) is 0 Å². The van der Waals surface area contributed by atoms with Crippen molar-refractivity contribution in [3.63, 3.8) is 0 Å². The summed E-state index contributed by atoms with van der Waals surface area (Å²) in [6.45, 7) is 5.88. The van der Waals surface area contributed by atoms with E-state index in [1.54, 1.807) is 0 Å². The minimum absolute atomic E-state index is 0.579. The van der Waals surface area contributed by atoms with E-state index < -0.39 is 0 Å². The van der Waals surface area contributed by atoms with Gasteiger partial charge >= 0.3 is 0 Å².